The van der Waals surface area contributed by atoms with E-state index in [0.717, 1.165) is 0 Å². The van der Waals surface area contributed by atoms with E-state index in [1.165, 1.54) is 24.3 Å². The van der Waals surface area contributed by atoms with E-state index < -0.39 is 11.3 Å². The van der Waals surface area contributed by atoms with E-state index in [2.05, 4.69) is 5.32 Å². The molecule has 5 heteroatoms. The topological polar surface area (TPSA) is 66.4 Å². The predicted octanol–water partition coefficient (Wildman–Crippen LogP) is 2.16. The van der Waals surface area contributed by atoms with Crippen molar-refractivity contribution in [3.8, 4) is 0 Å². The highest BCUT2D eigenvalue weighted by atomic mass is 35.5. The summed E-state index contributed by atoms with van der Waals surface area (Å²) in [5.74, 6) is 0. The van der Waals surface area contributed by atoms with Gasteiger partial charge in [0.2, 0.25) is 0 Å². The fourth-order valence-electron chi connectivity index (χ4n) is 0.808. The molecule has 0 aromatic heterocycles. The lowest BCUT2D eigenvalue weighted by Crippen LogP contribution is -2.06. The molecule has 0 bridgehead atoms. The number of hydrogen-bond donors (Lipinski definition) is 2. The summed E-state index contributed by atoms with van der Waals surface area (Å²) in [5.41, 5.74) is 0.728. The van der Waals surface area contributed by atoms with E-state index in [0.29, 0.717) is 11.3 Å². The largest absolute Gasteiger partial charge is 0.465 e. The summed E-state index contributed by atoms with van der Waals surface area (Å²) >= 11 is 5.19. The Morgan fingerprint density at radius 3 is 2.15 bits per heavy atom. The number of halogens is 1. The first kappa shape index (κ1) is 9.54. The first-order valence-corrected chi connectivity index (χ1v) is 3.77. The summed E-state index contributed by atoms with van der Waals surface area (Å²) in [6.45, 7) is 0. The minimum Gasteiger partial charge on any atom is -0.465 e. The monoisotopic (exact) mass is 199 g/mol. The Hall–Kier alpha value is -1.55. The van der Waals surface area contributed by atoms with Crippen LogP contribution in [-0.4, -0.2) is 16.4 Å². The van der Waals surface area contributed by atoms with Crippen LogP contribution in [0, 0.1) is 0 Å². The van der Waals surface area contributed by atoms with Crippen LogP contribution in [0.2, 0.25) is 0 Å². The Bertz CT molecular complexity index is 334. The van der Waals surface area contributed by atoms with Crippen molar-refractivity contribution in [2.75, 3.05) is 5.32 Å². The van der Waals surface area contributed by atoms with E-state index in [1.807, 2.05) is 0 Å². The van der Waals surface area contributed by atoms with Crippen LogP contribution in [0.1, 0.15) is 10.4 Å². The minimum atomic E-state index is -1.15. The molecule has 0 fully saturated rings. The summed E-state index contributed by atoms with van der Waals surface area (Å²) < 4.78 is 0. The second kappa shape index (κ2) is 3.91. The minimum absolute atomic E-state index is 0.331. The van der Waals surface area contributed by atoms with Crippen LogP contribution in [0.15, 0.2) is 24.3 Å². The Kier molecular flexibility index (Phi) is 2.87. The molecule has 0 saturated carbocycles. The van der Waals surface area contributed by atoms with Gasteiger partial charge in [0.15, 0.2) is 0 Å². The number of carboxylic acid groups (broad SMARTS) is 1. The fraction of sp³-hybridized carbons (Fsp3) is 0. The molecular formula is C8H6ClNO3. The van der Waals surface area contributed by atoms with Gasteiger partial charge in [0, 0.05) is 11.3 Å². The van der Waals surface area contributed by atoms with E-state index in [-0.39, 0.29) is 0 Å². The molecule has 0 aliphatic carbocycles. The third-order valence-corrected chi connectivity index (χ3v) is 1.58. The van der Waals surface area contributed by atoms with Crippen LogP contribution < -0.4 is 5.32 Å². The second-order valence-electron chi connectivity index (χ2n) is 2.28. The summed E-state index contributed by atoms with van der Waals surface area (Å²) in [4.78, 5) is 20.8. The first-order chi connectivity index (χ1) is 6.09. The molecule has 4 nitrogen and oxygen atoms in total. The molecule has 13 heavy (non-hydrogen) atoms. The zero-order valence-corrected chi connectivity index (χ0v) is 7.21. The number of carbonyl (C=O) groups is 2. The number of rotatable bonds is 2. The first-order valence-electron chi connectivity index (χ1n) is 3.39. The smallest absolute Gasteiger partial charge is 0.409 e. The van der Waals surface area contributed by atoms with Crippen LogP contribution in [0.25, 0.3) is 0 Å². The van der Waals surface area contributed by atoms with Gasteiger partial charge in [-0.15, -0.1) is 0 Å². The molecule has 0 radical (unpaired) electrons. The van der Waals surface area contributed by atoms with Gasteiger partial charge in [-0.05, 0) is 35.9 Å². The number of hydrogen-bond acceptors (Lipinski definition) is 2. The van der Waals surface area contributed by atoms with Gasteiger partial charge in [0.05, 0.1) is 0 Å². The maximum atomic E-state index is 10.6. The molecule has 0 spiro atoms. The molecule has 1 rings (SSSR count). The van der Waals surface area contributed by atoms with Crippen molar-refractivity contribution in [2.24, 2.45) is 0 Å². The van der Waals surface area contributed by atoms with Gasteiger partial charge < -0.3 is 5.11 Å². The standard InChI is InChI=1S/C8H6ClNO3/c9-7(11)5-1-3-6(4-2-5)10-8(12)13/h1-4,10H,(H,12,13). The van der Waals surface area contributed by atoms with E-state index >= 15 is 0 Å². The Morgan fingerprint density at radius 2 is 1.77 bits per heavy atom. The van der Waals surface area contributed by atoms with Crippen molar-refractivity contribution < 1.29 is 14.7 Å². The number of amides is 1. The number of carbonyl (C=O) groups excluding carboxylic acids is 1. The number of nitrogens with one attached hydrogen (secondary N) is 1. The van der Waals surface area contributed by atoms with Crippen molar-refractivity contribution in [3.63, 3.8) is 0 Å². The molecule has 1 aromatic carbocycles. The third-order valence-electron chi connectivity index (χ3n) is 1.36. The highest BCUT2D eigenvalue weighted by Gasteiger charge is 2.01. The molecule has 2 N–H and O–H groups in total. The zero-order chi connectivity index (χ0) is 9.84. The SMILES string of the molecule is O=C(O)Nc1ccc(C(=O)Cl)cc1. The van der Waals surface area contributed by atoms with Crippen molar-refractivity contribution in [1.29, 1.82) is 0 Å². The van der Waals surface area contributed by atoms with Gasteiger partial charge in [0.1, 0.15) is 0 Å². The van der Waals surface area contributed by atoms with E-state index in [1.54, 1.807) is 0 Å². The van der Waals surface area contributed by atoms with Crippen molar-refractivity contribution >= 4 is 28.6 Å². The molecule has 0 aliphatic heterocycles. The molecule has 0 aliphatic rings. The third kappa shape index (κ3) is 2.76. The van der Waals surface area contributed by atoms with Crippen molar-refractivity contribution in [2.45, 2.75) is 0 Å². The summed E-state index contributed by atoms with van der Waals surface area (Å²) in [7, 11) is 0. The highest BCUT2D eigenvalue weighted by molar-refractivity contribution is 6.67. The maximum absolute atomic E-state index is 10.6. The molecule has 1 amide bonds. The molecule has 0 unspecified atom stereocenters. The van der Waals surface area contributed by atoms with Crippen LogP contribution in [-0.2, 0) is 0 Å². The summed E-state index contributed by atoms with van der Waals surface area (Å²) in [6.07, 6.45) is -1.15. The molecule has 68 valence electrons. The second-order valence-corrected chi connectivity index (χ2v) is 2.62. The van der Waals surface area contributed by atoms with Gasteiger partial charge >= 0.3 is 6.09 Å². The van der Waals surface area contributed by atoms with E-state index in [9.17, 15) is 9.59 Å². The number of anilines is 1. The molecule has 0 atom stereocenters. The van der Waals surface area contributed by atoms with Crippen molar-refractivity contribution in [3.05, 3.63) is 29.8 Å². The molecular weight excluding hydrogens is 194 g/mol. The Labute approximate surface area is 79.1 Å². The van der Waals surface area contributed by atoms with Crippen molar-refractivity contribution in [1.82, 2.24) is 0 Å². The predicted molar refractivity (Wildman–Crippen MR) is 48.3 cm³/mol. The Balaban J connectivity index is 2.81. The van der Waals surface area contributed by atoms with Crippen LogP contribution in [0.4, 0.5) is 10.5 Å². The lowest BCUT2D eigenvalue weighted by molar-refractivity contribution is 0.108. The molecule has 1 aromatic rings. The quantitative estimate of drug-likeness (QED) is 0.718. The lowest BCUT2D eigenvalue weighted by atomic mass is 10.2. The summed E-state index contributed by atoms with van der Waals surface area (Å²) in [6, 6.07) is 5.81. The number of benzene rings is 1. The summed E-state index contributed by atoms with van der Waals surface area (Å²) in [5, 5.41) is 9.91. The maximum Gasteiger partial charge on any atom is 0.409 e. The average molecular weight is 200 g/mol. The highest BCUT2D eigenvalue weighted by Crippen LogP contribution is 2.10. The van der Waals surface area contributed by atoms with Gasteiger partial charge in [-0.1, -0.05) is 0 Å². The lowest BCUT2D eigenvalue weighted by Gasteiger charge is -1.99. The van der Waals surface area contributed by atoms with Gasteiger partial charge in [-0.2, -0.15) is 0 Å². The molecule has 0 saturated heterocycles. The molecule has 0 heterocycles. The van der Waals surface area contributed by atoms with Crippen LogP contribution in [0.3, 0.4) is 0 Å². The normalized spacial score (nSPS) is 9.31. The van der Waals surface area contributed by atoms with Gasteiger partial charge in [-0.25, -0.2) is 4.79 Å². The van der Waals surface area contributed by atoms with Gasteiger partial charge in [-0.3, -0.25) is 10.1 Å². The van der Waals surface area contributed by atoms with Gasteiger partial charge in [0.25, 0.3) is 5.24 Å². The fourth-order valence-corrected chi connectivity index (χ4v) is 0.934. The van der Waals surface area contributed by atoms with Crippen LogP contribution >= 0.6 is 11.6 Å². The zero-order valence-electron chi connectivity index (χ0n) is 6.45. The Morgan fingerprint density at radius 1 is 1.23 bits per heavy atom. The van der Waals surface area contributed by atoms with E-state index in [4.69, 9.17) is 16.7 Å². The van der Waals surface area contributed by atoms with Crippen LogP contribution in [0.5, 0.6) is 0 Å². The average Bonchev–Trinajstić information content (AvgIpc) is 2.04.